The van der Waals surface area contributed by atoms with Crippen LogP contribution in [0.3, 0.4) is 0 Å². The number of phenolic OH excluding ortho intramolecular Hbond substituents is 1. The number of thiophene rings is 1. The zero-order valence-corrected chi connectivity index (χ0v) is 30.3. The van der Waals surface area contributed by atoms with E-state index in [4.69, 9.17) is 16.7 Å². The molecule has 4 amide bonds. The van der Waals surface area contributed by atoms with Crippen molar-refractivity contribution in [3.8, 4) is 16.3 Å². The van der Waals surface area contributed by atoms with Crippen LogP contribution < -0.4 is 4.90 Å². The number of aryl methyl sites for hydroxylation is 2. The van der Waals surface area contributed by atoms with Gasteiger partial charge in [0.1, 0.15) is 17.3 Å². The molecule has 0 bridgehead atoms. The van der Waals surface area contributed by atoms with Crippen molar-refractivity contribution in [2.24, 2.45) is 36.1 Å². The Hall–Kier alpha value is -4.28. The van der Waals surface area contributed by atoms with E-state index in [0.29, 0.717) is 28.5 Å². The maximum Gasteiger partial charge on any atom is 0.242 e. The van der Waals surface area contributed by atoms with Gasteiger partial charge in [-0.3, -0.25) is 28.8 Å². The number of hydrogen-bond donors (Lipinski definition) is 1. The molecular weight excluding hydrogens is 684 g/mol. The van der Waals surface area contributed by atoms with Crippen LogP contribution in [0.4, 0.5) is 5.82 Å². The van der Waals surface area contributed by atoms with E-state index in [1.807, 2.05) is 50.3 Å². The molecule has 2 aromatic heterocycles. The Labute approximate surface area is 304 Å². The lowest BCUT2D eigenvalue weighted by Crippen LogP contribution is -2.49. The number of para-hydroxylation sites is 1. The fourth-order valence-electron chi connectivity index (χ4n) is 10.2. The minimum atomic E-state index is -1.26. The molecule has 2 saturated carbocycles. The quantitative estimate of drug-likeness (QED) is 0.172. The summed E-state index contributed by atoms with van der Waals surface area (Å²) in [6, 6.07) is 14.5. The van der Waals surface area contributed by atoms with Crippen molar-refractivity contribution >= 4 is 62.5 Å². The fourth-order valence-corrected chi connectivity index (χ4v) is 11.6. The number of carbonyl (C=O) groups excluding carboxylic acids is 4. The minimum absolute atomic E-state index is 0.0330. The molecule has 2 aromatic carbocycles. The average molecular weight is 723 g/mol. The zero-order chi connectivity index (χ0) is 35.5. The van der Waals surface area contributed by atoms with Crippen LogP contribution in [-0.2, 0) is 26.2 Å². The Morgan fingerprint density at radius 1 is 0.961 bits per heavy atom. The molecule has 262 valence electrons. The van der Waals surface area contributed by atoms with E-state index >= 15 is 4.79 Å². The molecule has 9 nitrogen and oxygen atoms in total. The number of anilines is 1. The first-order chi connectivity index (χ1) is 24.5. The predicted octanol–water partition coefficient (Wildman–Crippen LogP) is 7.53. The maximum absolute atomic E-state index is 15.0. The number of aromatic nitrogens is 2. The summed E-state index contributed by atoms with van der Waals surface area (Å²) in [6.45, 7) is 3.86. The molecule has 4 aromatic rings. The monoisotopic (exact) mass is 722 g/mol. The Morgan fingerprint density at radius 2 is 1.73 bits per heavy atom. The third kappa shape index (κ3) is 4.54. The number of allylic oxidation sites excluding steroid dienone is 2. The molecule has 0 radical (unpaired) electrons. The summed E-state index contributed by atoms with van der Waals surface area (Å²) in [4.78, 5) is 61.8. The van der Waals surface area contributed by atoms with Crippen LogP contribution in [-0.4, -0.2) is 49.5 Å². The van der Waals surface area contributed by atoms with Crippen LogP contribution in [0.5, 0.6) is 5.75 Å². The summed E-state index contributed by atoms with van der Waals surface area (Å²) in [5, 5.41) is 17.8. The number of likely N-dealkylation sites (tertiary alicyclic amines) is 1. The summed E-state index contributed by atoms with van der Waals surface area (Å²) in [7, 11) is 1.74. The van der Waals surface area contributed by atoms with Gasteiger partial charge in [-0.2, -0.15) is 5.10 Å². The smallest absolute Gasteiger partial charge is 0.242 e. The zero-order valence-electron chi connectivity index (χ0n) is 28.8. The average Bonchev–Trinajstić information content (AvgIpc) is 3.79. The number of hydrogen-bond acceptors (Lipinski definition) is 7. The molecule has 5 aliphatic rings. The van der Waals surface area contributed by atoms with Gasteiger partial charge in [0, 0.05) is 40.4 Å². The third-order valence-electron chi connectivity index (χ3n) is 12.7. The van der Waals surface area contributed by atoms with Crippen LogP contribution in [0.15, 0.2) is 60.2 Å². The van der Waals surface area contributed by atoms with Gasteiger partial charge < -0.3 is 5.11 Å². The summed E-state index contributed by atoms with van der Waals surface area (Å²) in [5.74, 6) is -3.49. The molecule has 1 N–H and O–H groups in total. The molecule has 6 atom stereocenters. The highest BCUT2D eigenvalue weighted by molar-refractivity contribution is 7.22. The van der Waals surface area contributed by atoms with Crippen molar-refractivity contribution in [3.63, 3.8) is 0 Å². The standard InChI is InChI=1S/C40H39ClN4O5S/c1-20-26-17-21(41)13-16-31(26)51-35(20)29-19-32(43(3)42-29)45-37(48)28-18-27-23(34(40(28,2)39(45)50)24-11-7-8-12-30(24)46)14-15-25-33(27)38(49)44(36(25)47)22-9-5-4-6-10-22/h7-8,11-14,16-17,19,22,25,27-28,33-34,46H,4-6,9-10,15,18H2,1-3H3/t25-,27+,28-,33-,34+,40+/m0/s1. The normalized spacial score (nSPS) is 29.5. The second kappa shape index (κ2) is 11.6. The van der Waals surface area contributed by atoms with Crippen molar-refractivity contribution in [1.82, 2.24) is 14.7 Å². The third-order valence-corrected chi connectivity index (χ3v) is 14.2. The summed E-state index contributed by atoms with van der Waals surface area (Å²) < 4.78 is 2.65. The molecular formula is C40H39ClN4O5S. The predicted molar refractivity (Wildman–Crippen MR) is 195 cm³/mol. The first-order valence-corrected chi connectivity index (χ1v) is 19.2. The van der Waals surface area contributed by atoms with E-state index in [9.17, 15) is 19.5 Å². The van der Waals surface area contributed by atoms with Crippen LogP contribution >= 0.6 is 22.9 Å². The summed E-state index contributed by atoms with van der Waals surface area (Å²) >= 11 is 7.89. The molecule has 51 heavy (non-hydrogen) atoms. The van der Waals surface area contributed by atoms with Crippen molar-refractivity contribution in [2.45, 2.75) is 70.8 Å². The van der Waals surface area contributed by atoms with Gasteiger partial charge >= 0.3 is 0 Å². The van der Waals surface area contributed by atoms with Crippen molar-refractivity contribution < 1.29 is 24.3 Å². The molecule has 4 heterocycles. The number of carbonyl (C=O) groups is 4. The van der Waals surface area contributed by atoms with Gasteiger partial charge in [0.05, 0.1) is 28.0 Å². The number of amides is 4. The van der Waals surface area contributed by atoms with Crippen LogP contribution in [0.1, 0.15) is 68.9 Å². The molecule has 3 aliphatic carbocycles. The van der Waals surface area contributed by atoms with Crippen LogP contribution in [0, 0.1) is 36.0 Å². The lowest BCUT2D eigenvalue weighted by Gasteiger charge is -2.49. The van der Waals surface area contributed by atoms with Gasteiger partial charge in [-0.15, -0.1) is 11.3 Å². The van der Waals surface area contributed by atoms with Gasteiger partial charge in [0.25, 0.3) is 0 Å². The molecule has 0 spiro atoms. The Morgan fingerprint density at radius 3 is 2.49 bits per heavy atom. The lowest BCUT2D eigenvalue weighted by atomic mass is 9.51. The number of phenols is 1. The molecule has 4 fully saturated rings. The van der Waals surface area contributed by atoms with Crippen LogP contribution in [0.25, 0.3) is 20.7 Å². The highest BCUT2D eigenvalue weighted by atomic mass is 35.5. The first-order valence-electron chi connectivity index (χ1n) is 18.0. The Kier molecular flexibility index (Phi) is 7.43. The highest BCUT2D eigenvalue weighted by Crippen LogP contribution is 2.64. The Bertz CT molecular complexity index is 2220. The lowest BCUT2D eigenvalue weighted by molar-refractivity contribution is -0.144. The van der Waals surface area contributed by atoms with Gasteiger partial charge in [-0.25, -0.2) is 4.90 Å². The maximum atomic E-state index is 15.0. The number of imide groups is 2. The number of rotatable bonds is 4. The van der Waals surface area contributed by atoms with Crippen molar-refractivity contribution in [3.05, 3.63) is 76.3 Å². The number of fused-ring (bicyclic) bond motifs is 5. The van der Waals surface area contributed by atoms with Gasteiger partial charge in [-0.1, -0.05) is 60.7 Å². The number of nitrogens with zero attached hydrogens (tertiary/aromatic N) is 4. The van der Waals surface area contributed by atoms with E-state index in [0.717, 1.165) is 58.2 Å². The number of halogens is 1. The van der Waals surface area contributed by atoms with Crippen molar-refractivity contribution in [1.29, 1.82) is 0 Å². The minimum Gasteiger partial charge on any atom is -0.508 e. The SMILES string of the molecule is Cc1c(-c2cc(N3C(=O)[C@@H]4C[C@@H]5C(=CC[C@@H]6C(=O)N(C7CCCCC7)C(=O)[C@@H]65)[C@H](c5ccccc5O)[C@]4(C)C3=O)n(C)n2)sc2ccc(Cl)cc12. The van der Waals surface area contributed by atoms with E-state index < -0.39 is 35.0 Å². The van der Waals surface area contributed by atoms with E-state index in [1.54, 1.807) is 46.2 Å². The Balaban J connectivity index is 1.14. The fraction of sp³-hybridized carbons (Fsp3) is 0.425. The number of benzene rings is 2. The van der Waals surface area contributed by atoms with E-state index in [2.05, 4.69) is 0 Å². The largest absolute Gasteiger partial charge is 0.508 e. The number of aromatic hydroxyl groups is 1. The van der Waals surface area contributed by atoms with E-state index in [-0.39, 0.29) is 41.8 Å². The van der Waals surface area contributed by atoms with E-state index in [1.165, 1.54) is 4.90 Å². The van der Waals surface area contributed by atoms with Gasteiger partial charge in [0.2, 0.25) is 23.6 Å². The second-order valence-electron chi connectivity index (χ2n) is 15.3. The molecule has 11 heteroatoms. The molecule has 2 saturated heterocycles. The van der Waals surface area contributed by atoms with Crippen LogP contribution in [0.2, 0.25) is 5.02 Å². The highest BCUT2D eigenvalue weighted by Gasteiger charge is 2.68. The van der Waals surface area contributed by atoms with Gasteiger partial charge in [-0.05, 0) is 80.7 Å². The van der Waals surface area contributed by atoms with Crippen molar-refractivity contribution in [2.75, 3.05) is 4.90 Å². The topological polar surface area (TPSA) is 113 Å². The first kappa shape index (κ1) is 32.6. The second-order valence-corrected chi connectivity index (χ2v) is 16.8. The summed E-state index contributed by atoms with van der Waals surface area (Å²) in [6.07, 6.45) is 7.47. The summed E-state index contributed by atoms with van der Waals surface area (Å²) in [5.41, 5.74) is 1.83. The molecule has 9 rings (SSSR count). The molecule has 0 unspecified atom stereocenters. The van der Waals surface area contributed by atoms with Gasteiger partial charge in [0.15, 0.2) is 0 Å². The molecule has 2 aliphatic heterocycles.